The highest BCUT2D eigenvalue weighted by Gasteiger charge is 2.04. The Morgan fingerprint density at radius 2 is 1.93 bits per heavy atom. The van der Waals surface area contributed by atoms with Gasteiger partial charge in [-0.2, -0.15) is 0 Å². The van der Waals surface area contributed by atoms with Crippen molar-refractivity contribution in [2.45, 2.75) is 6.92 Å². The molecule has 1 aromatic carbocycles. The third-order valence-electron chi connectivity index (χ3n) is 2.02. The van der Waals surface area contributed by atoms with Crippen LogP contribution in [0.3, 0.4) is 0 Å². The maximum absolute atomic E-state index is 11.1. The van der Waals surface area contributed by atoms with E-state index in [-0.39, 0.29) is 0 Å². The molecule has 0 fully saturated rings. The number of rotatable bonds is 2. The molecule has 2 aromatic rings. The predicted octanol–water partition coefficient (Wildman–Crippen LogP) is 0.615. The first-order valence-corrected chi connectivity index (χ1v) is 4.60. The smallest absolute Gasteiger partial charge is 0.314 e. The Morgan fingerprint density at radius 3 is 2.67 bits per heavy atom. The number of fused-ring (bicyclic) bond motifs is 1. The average Bonchev–Trinajstić information content (AvgIpc) is 2.21. The molecule has 78 valence electrons. The zero-order chi connectivity index (χ0) is 10.8. The molecule has 0 atom stereocenters. The van der Waals surface area contributed by atoms with Crippen LogP contribution in [0, 0.1) is 0 Å². The molecule has 0 saturated carbocycles. The van der Waals surface area contributed by atoms with E-state index in [0.29, 0.717) is 23.4 Å². The van der Waals surface area contributed by atoms with Gasteiger partial charge in [0.1, 0.15) is 11.3 Å². The lowest BCUT2D eigenvalue weighted by Gasteiger charge is -2.05. The largest absolute Gasteiger partial charge is 0.492 e. The van der Waals surface area contributed by atoms with E-state index in [1.165, 1.54) is 0 Å². The van der Waals surface area contributed by atoms with Crippen molar-refractivity contribution in [1.82, 2.24) is 9.97 Å². The molecule has 2 N–H and O–H groups in total. The van der Waals surface area contributed by atoms with Gasteiger partial charge < -0.3 is 14.7 Å². The van der Waals surface area contributed by atoms with Crippen LogP contribution < -0.4 is 15.9 Å². The quantitative estimate of drug-likeness (QED) is 0.707. The molecule has 1 heterocycles. The number of para-hydroxylation sites is 1. The lowest BCUT2D eigenvalue weighted by atomic mass is 10.3. The van der Waals surface area contributed by atoms with Gasteiger partial charge in [-0.15, -0.1) is 0 Å². The van der Waals surface area contributed by atoms with Crippen molar-refractivity contribution < 1.29 is 4.74 Å². The highest BCUT2D eigenvalue weighted by Crippen LogP contribution is 2.19. The van der Waals surface area contributed by atoms with Crippen LogP contribution in [0.15, 0.2) is 27.8 Å². The van der Waals surface area contributed by atoms with Crippen molar-refractivity contribution in [3.05, 3.63) is 38.9 Å². The molecule has 5 heteroatoms. The fourth-order valence-electron chi connectivity index (χ4n) is 1.39. The van der Waals surface area contributed by atoms with Crippen LogP contribution in [0.5, 0.6) is 5.75 Å². The second-order valence-electron chi connectivity index (χ2n) is 3.02. The van der Waals surface area contributed by atoms with Crippen molar-refractivity contribution in [3.63, 3.8) is 0 Å². The summed E-state index contributed by atoms with van der Waals surface area (Å²) in [6.45, 7) is 2.35. The monoisotopic (exact) mass is 206 g/mol. The van der Waals surface area contributed by atoms with Crippen molar-refractivity contribution in [2.75, 3.05) is 6.61 Å². The summed E-state index contributed by atoms with van der Waals surface area (Å²) in [6, 6.07) is 5.19. The number of aromatic nitrogens is 2. The highest BCUT2D eigenvalue weighted by atomic mass is 16.5. The van der Waals surface area contributed by atoms with Gasteiger partial charge in [-0.1, -0.05) is 6.07 Å². The summed E-state index contributed by atoms with van der Waals surface area (Å²) in [5, 5.41) is 0. The van der Waals surface area contributed by atoms with Crippen LogP contribution in [0.1, 0.15) is 6.92 Å². The van der Waals surface area contributed by atoms with Gasteiger partial charge in [-0.3, -0.25) is 9.59 Å². The van der Waals surface area contributed by atoms with Gasteiger partial charge in [0.15, 0.2) is 0 Å². The second-order valence-corrected chi connectivity index (χ2v) is 3.02. The molecule has 0 bridgehead atoms. The van der Waals surface area contributed by atoms with Crippen molar-refractivity contribution >= 4 is 11.0 Å². The topological polar surface area (TPSA) is 75.0 Å². The van der Waals surface area contributed by atoms with Crippen LogP contribution >= 0.6 is 0 Å². The molecule has 1 aromatic heterocycles. The van der Waals surface area contributed by atoms with E-state index >= 15 is 0 Å². The summed E-state index contributed by atoms with van der Waals surface area (Å²) in [5.41, 5.74) is -0.250. The predicted molar refractivity (Wildman–Crippen MR) is 56.4 cm³/mol. The summed E-state index contributed by atoms with van der Waals surface area (Å²) in [7, 11) is 0. The first-order valence-electron chi connectivity index (χ1n) is 4.60. The summed E-state index contributed by atoms with van der Waals surface area (Å²) in [4.78, 5) is 27.2. The Labute approximate surface area is 84.7 Å². The van der Waals surface area contributed by atoms with Crippen LogP contribution in [0.4, 0.5) is 0 Å². The van der Waals surface area contributed by atoms with Crippen molar-refractivity contribution in [2.24, 2.45) is 0 Å². The van der Waals surface area contributed by atoms with E-state index < -0.39 is 11.1 Å². The Morgan fingerprint density at radius 1 is 1.20 bits per heavy atom. The number of hydrogen-bond acceptors (Lipinski definition) is 3. The lowest BCUT2D eigenvalue weighted by molar-refractivity contribution is 0.343. The molecule has 0 aliphatic rings. The molecule has 2 rings (SSSR count). The van der Waals surface area contributed by atoms with Gasteiger partial charge in [-0.25, -0.2) is 0 Å². The van der Waals surface area contributed by atoms with E-state index in [1.54, 1.807) is 18.2 Å². The van der Waals surface area contributed by atoms with Gasteiger partial charge in [0, 0.05) is 0 Å². The zero-order valence-corrected chi connectivity index (χ0v) is 8.16. The summed E-state index contributed by atoms with van der Waals surface area (Å²) in [5.74, 6) is 0.559. The van der Waals surface area contributed by atoms with Gasteiger partial charge >= 0.3 is 11.1 Å². The SMILES string of the molecule is CCOc1cccc2[nH]c(=O)c(=O)[nH]c12. The van der Waals surface area contributed by atoms with Gasteiger partial charge in [-0.05, 0) is 19.1 Å². The minimum absolute atomic E-state index is 0.500. The van der Waals surface area contributed by atoms with Crippen LogP contribution in [0.25, 0.3) is 11.0 Å². The van der Waals surface area contributed by atoms with E-state index in [2.05, 4.69) is 9.97 Å². The molecule has 0 unspecified atom stereocenters. The van der Waals surface area contributed by atoms with E-state index in [9.17, 15) is 9.59 Å². The first-order chi connectivity index (χ1) is 7.22. The number of benzene rings is 1. The number of nitrogens with one attached hydrogen (secondary N) is 2. The molecule has 0 amide bonds. The molecule has 0 aliphatic heterocycles. The van der Waals surface area contributed by atoms with Crippen molar-refractivity contribution in [3.8, 4) is 5.75 Å². The number of ether oxygens (including phenoxy) is 1. The molecular formula is C10H10N2O3. The Kier molecular flexibility index (Phi) is 2.29. The third kappa shape index (κ3) is 1.63. The minimum atomic E-state index is -0.672. The molecular weight excluding hydrogens is 196 g/mol. The summed E-state index contributed by atoms with van der Waals surface area (Å²) < 4.78 is 5.32. The van der Waals surface area contributed by atoms with Crippen LogP contribution in [-0.4, -0.2) is 16.6 Å². The maximum Gasteiger partial charge on any atom is 0.314 e. The Balaban J connectivity index is 2.80. The van der Waals surface area contributed by atoms with Gasteiger partial charge in [0.2, 0.25) is 0 Å². The third-order valence-corrected chi connectivity index (χ3v) is 2.02. The number of hydrogen-bond donors (Lipinski definition) is 2. The van der Waals surface area contributed by atoms with Gasteiger partial charge in [0.05, 0.1) is 12.1 Å². The zero-order valence-electron chi connectivity index (χ0n) is 8.16. The van der Waals surface area contributed by atoms with E-state index in [1.807, 2.05) is 6.92 Å². The fourth-order valence-corrected chi connectivity index (χ4v) is 1.39. The highest BCUT2D eigenvalue weighted by molar-refractivity contribution is 5.80. The fraction of sp³-hybridized carbons (Fsp3) is 0.200. The molecule has 0 saturated heterocycles. The number of aromatic amines is 2. The minimum Gasteiger partial charge on any atom is -0.492 e. The Bertz CT molecular complexity index is 597. The normalized spacial score (nSPS) is 10.5. The number of H-pyrrole nitrogens is 2. The van der Waals surface area contributed by atoms with E-state index in [4.69, 9.17) is 4.74 Å². The van der Waals surface area contributed by atoms with Crippen molar-refractivity contribution in [1.29, 1.82) is 0 Å². The van der Waals surface area contributed by atoms with E-state index in [0.717, 1.165) is 0 Å². The van der Waals surface area contributed by atoms with Crippen LogP contribution in [-0.2, 0) is 0 Å². The first kappa shape index (κ1) is 9.51. The molecule has 5 nitrogen and oxygen atoms in total. The molecule has 0 aliphatic carbocycles. The summed E-state index contributed by atoms with van der Waals surface area (Å²) in [6.07, 6.45) is 0. The average molecular weight is 206 g/mol. The van der Waals surface area contributed by atoms with Gasteiger partial charge in [0.25, 0.3) is 0 Å². The molecule has 0 spiro atoms. The van der Waals surface area contributed by atoms with Crippen LogP contribution in [0.2, 0.25) is 0 Å². The Hall–Kier alpha value is -2.04. The second kappa shape index (κ2) is 3.61. The standard InChI is InChI=1S/C10H10N2O3/c1-2-15-7-5-3-4-6-8(7)12-10(14)9(13)11-6/h3-5H,2H2,1H3,(H,11,13)(H,12,14). The summed E-state index contributed by atoms with van der Waals surface area (Å²) >= 11 is 0. The molecule has 15 heavy (non-hydrogen) atoms. The maximum atomic E-state index is 11.1. The molecule has 0 radical (unpaired) electrons. The lowest BCUT2D eigenvalue weighted by Crippen LogP contribution is -2.29.